The molecule has 7 nitrogen and oxygen atoms in total. The molecule has 1 aliphatic heterocycles. The zero-order chi connectivity index (χ0) is 22.5. The second-order valence-corrected chi connectivity index (χ2v) is 8.18. The molecule has 4 rings (SSSR count). The molecule has 1 unspecified atom stereocenters. The lowest BCUT2D eigenvalue weighted by Gasteiger charge is -2.32. The quantitative estimate of drug-likeness (QED) is 0.568. The van der Waals surface area contributed by atoms with E-state index in [2.05, 4.69) is 15.2 Å². The van der Waals surface area contributed by atoms with Gasteiger partial charge in [0.1, 0.15) is 11.3 Å². The molecule has 2 heterocycles. The number of rotatable bonds is 8. The first-order chi connectivity index (χ1) is 15.6. The number of β-amino-alcohol motifs (C(OH)–C–C–N with tert-alkyl or cyclic N) is 1. The molecule has 2 N–H and O–H groups in total. The van der Waals surface area contributed by atoms with Crippen molar-refractivity contribution in [3.8, 4) is 5.75 Å². The summed E-state index contributed by atoms with van der Waals surface area (Å²) in [6.45, 7) is 2.06. The van der Waals surface area contributed by atoms with Crippen LogP contribution in [-0.2, 0) is 4.79 Å². The molecule has 32 heavy (non-hydrogen) atoms. The van der Waals surface area contributed by atoms with Gasteiger partial charge in [0, 0.05) is 51.0 Å². The standard InChI is InChI=1S/C25H30N4O3/c1-26-21-10-11-23(25-20(21)9-6-13-27-25)32-17-24(31)28(2)22(18-7-4-3-5-8-18)16-29-14-12-19(30)15-29/h3-11,13,19,22,26,30H,12,14-17H2,1-2H3/t19-,22?/m0/s1. The van der Waals surface area contributed by atoms with Gasteiger partial charge in [0.2, 0.25) is 0 Å². The minimum absolute atomic E-state index is 0.0764. The minimum Gasteiger partial charge on any atom is -0.481 e. The van der Waals surface area contributed by atoms with Gasteiger partial charge in [-0.1, -0.05) is 30.3 Å². The van der Waals surface area contributed by atoms with Gasteiger partial charge < -0.3 is 20.1 Å². The summed E-state index contributed by atoms with van der Waals surface area (Å²) in [7, 11) is 3.68. The Morgan fingerprint density at radius 2 is 2.06 bits per heavy atom. The van der Waals surface area contributed by atoms with E-state index >= 15 is 0 Å². The van der Waals surface area contributed by atoms with Crippen LogP contribution in [0.4, 0.5) is 5.69 Å². The summed E-state index contributed by atoms with van der Waals surface area (Å²) in [5.41, 5.74) is 2.75. The number of hydrogen-bond acceptors (Lipinski definition) is 6. The van der Waals surface area contributed by atoms with E-state index in [1.165, 1.54) is 0 Å². The van der Waals surface area contributed by atoms with Gasteiger partial charge in [0.15, 0.2) is 6.61 Å². The smallest absolute Gasteiger partial charge is 0.260 e. The Labute approximate surface area is 188 Å². The number of ether oxygens (including phenoxy) is 1. The SMILES string of the molecule is CNc1ccc(OCC(=O)N(C)C(CN2CC[C@H](O)C2)c2ccccc2)c2ncccc12. The number of nitrogens with one attached hydrogen (secondary N) is 1. The molecule has 1 saturated heterocycles. The third-order valence-electron chi connectivity index (χ3n) is 6.08. The largest absolute Gasteiger partial charge is 0.481 e. The van der Waals surface area contributed by atoms with Gasteiger partial charge in [0.05, 0.1) is 12.1 Å². The molecule has 1 amide bonds. The molecule has 7 heteroatoms. The molecule has 0 bridgehead atoms. The second kappa shape index (κ2) is 9.97. The van der Waals surface area contributed by atoms with Crippen LogP contribution in [0.3, 0.4) is 0 Å². The lowest BCUT2D eigenvalue weighted by Crippen LogP contribution is -2.40. The Balaban J connectivity index is 1.49. The topological polar surface area (TPSA) is 77.9 Å². The van der Waals surface area contributed by atoms with E-state index in [1.807, 2.05) is 68.7 Å². The number of benzene rings is 2. The van der Waals surface area contributed by atoms with Crippen LogP contribution in [0, 0.1) is 0 Å². The van der Waals surface area contributed by atoms with Gasteiger partial charge >= 0.3 is 0 Å². The molecule has 0 spiro atoms. The van der Waals surface area contributed by atoms with E-state index in [1.54, 1.807) is 11.1 Å². The van der Waals surface area contributed by atoms with E-state index in [4.69, 9.17) is 4.74 Å². The Hall–Kier alpha value is -3.16. The highest BCUT2D eigenvalue weighted by molar-refractivity contribution is 5.95. The van der Waals surface area contributed by atoms with Crippen LogP contribution in [0.2, 0.25) is 0 Å². The van der Waals surface area contributed by atoms with Crippen LogP contribution in [0.25, 0.3) is 10.9 Å². The van der Waals surface area contributed by atoms with E-state index in [0.717, 1.165) is 35.1 Å². The van der Waals surface area contributed by atoms with Crippen molar-refractivity contribution in [2.24, 2.45) is 0 Å². The fraction of sp³-hybridized carbons (Fsp3) is 0.360. The molecule has 2 aromatic carbocycles. The Morgan fingerprint density at radius 1 is 1.25 bits per heavy atom. The molecule has 1 aliphatic rings. The fourth-order valence-electron chi connectivity index (χ4n) is 4.25. The zero-order valence-electron chi connectivity index (χ0n) is 18.6. The molecular weight excluding hydrogens is 404 g/mol. The number of carbonyl (C=O) groups is 1. The molecule has 1 fully saturated rings. The average Bonchev–Trinajstić information content (AvgIpc) is 3.25. The number of carbonyl (C=O) groups excluding carboxylic acids is 1. The summed E-state index contributed by atoms with van der Waals surface area (Å²) in [4.78, 5) is 21.5. The molecule has 0 saturated carbocycles. The maximum atomic E-state index is 13.1. The molecule has 0 aliphatic carbocycles. The first-order valence-electron chi connectivity index (χ1n) is 11.0. The number of fused-ring (bicyclic) bond motifs is 1. The predicted octanol–water partition coefficient (Wildman–Crippen LogP) is 2.92. The molecular formula is C25H30N4O3. The van der Waals surface area contributed by atoms with Crippen LogP contribution in [0.5, 0.6) is 5.75 Å². The van der Waals surface area contributed by atoms with Gasteiger partial charge in [-0.25, -0.2) is 0 Å². The first-order valence-corrected chi connectivity index (χ1v) is 11.0. The van der Waals surface area contributed by atoms with Crippen molar-refractivity contribution in [3.63, 3.8) is 0 Å². The number of aromatic nitrogens is 1. The normalized spacial score (nSPS) is 17.3. The number of hydrogen-bond donors (Lipinski definition) is 2. The summed E-state index contributed by atoms with van der Waals surface area (Å²) >= 11 is 0. The first kappa shape index (κ1) is 22.0. The van der Waals surface area contributed by atoms with Gasteiger partial charge in [-0.15, -0.1) is 0 Å². The van der Waals surface area contributed by atoms with Crippen LogP contribution in [0.15, 0.2) is 60.8 Å². The maximum absolute atomic E-state index is 13.1. The number of likely N-dealkylation sites (N-methyl/N-ethyl adjacent to an activating group) is 1. The van der Waals surface area contributed by atoms with Crippen molar-refractivity contribution >= 4 is 22.5 Å². The van der Waals surface area contributed by atoms with Crippen molar-refractivity contribution in [1.29, 1.82) is 0 Å². The monoisotopic (exact) mass is 434 g/mol. The zero-order valence-corrected chi connectivity index (χ0v) is 18.6. The van der Waals surface area contributed by atoms with E-state index in [-0.39, 0.29) is 24.7 Å². The van der Waals surface area contributed by atoms with E-state index < -0.39 is 0 Å². The Morgan fingerprint density at radius 3 is 2.78 bits per heavy atom. The van der Waals surface area contributed by atoms with Crippen molar-refractivity contribution in [2.75, 3.05) is 45.7 Å². The van der Waals surface area contributed by atoms with Crippen LogP contribution in [0.1, 0.15) is 18.0 Å². The summed E-state index contributed by atoms with van der Waals surface area (Å²) in [5, 5.41) is 14.0. The summed E-state index contributed by atoms with van der Waals surface area (Å²) in [6, 6.07) is 17.5. The highest BCUT2D eigenvalue weighted by Gasteiger charge is 2.28. The molecule has 2 atom stereocenters. The Bertz CT molecular complexity index is 1060. The number of aliphatic hydroxyl groups is 1. The molecule has 3 aromatic rings. The summed E-state index contributed by atoms with van der Waals surface area (Å²) in [5.74, 6) is 0.473. The summed E-state index contributed by atoms with van der Waals surface area (Å²) < 4.78 is 5.94. The van der Waals surface area contributed by atoms with Gasteiger partial charge in [-0.3, -0.25) is 14.7 Å². The van der Waals surface area contributed by atoms with Crippen molar-refractivity contribution < 1.29 is 14.6 Å². The van der Waals surface area contributed by atoms with Crippen molar-refractivity contribution in [1.82, 2.24) is 14.8 Å². The lowest BCUT2D eigenvalue weighted by molar-refractivity contribution is -0.134. The fourth-order valence-corrected chi connectivity index (χ4v) is 4.25. The highest BCUT2D eigenvalue weighted by Crippen LogP contribution is 2.30. The predicted molar refractivity (Wildman–Crippen MR) is 126 cm³/mol. The van der Waals surface area contributed by atoms with Crippen molar-refractivity contribution in [3.05, 3.63) is 66.4 Å². The van der Waals surface area contributed by atoms with Crippen molar-refractivity contribution in [2.45, 2.75) is 18.6 Å². The minimum atomic E-state index is -0.294. The van der Waals surface area contributed by atoms with Crippen LogP contribution < -0.4 is 10.1 Å². The number of likely N-dealkylation sites (tertiary alicyclic amines) is 1. The van der Waals surface area contributed by atoms with E-state index in [0.29, 0.717) is 18.8 Å². The molecule has 168 valence electrons. The number of amides is 1. The van der Waals surface area contributed by atoms with Gasteiger partial charge in [0.25, 0.3) is 5.91 Å². The average molecular weight is 435 g/mol. The van der Waals surface area contributed by atoms with E-state index in [9.17, 15) is 9.90 Å². The Kier molecular flexibility index (Phi) is 6.87. The van der Waals surface area contributed by atoms with Crippen LogP contribution >= 0.6 is 0 Å². The number of pyridine rings is 1. The maximum Gasteiger partial charge on any atom is 0.260 e. The summed E-state index contributed by atoms with van der Waals surface area (Å²) in [6.07, 6.45) is 2.20. The molecule has 1 aromatic heterocycles. The number of aliphatic hydroxyl groups excluding tert-OH is 1. The second-order valence-electron chi connectivity index (χ2n) is 8.18. The lowest BCUT2D eigenvalue weighted by atomic mass is 10.0. The third-order valence-corrected chi connectivity index (χ3v) is 6.08. The van der Waals surface area contributed by atoms with Gasteiger partial charge in [-0.2, -0.15) is 0 Å². The van der Waals surface area contributed by atoms with Crippen LogP contribution in [-0.4, -0.2) is 72.2 Å². The number of nitrogens with zero attached hydrogens (tertiary/aromatic N) is 3. The highest BCUT2D eigenvalue weighted by atomic mass is 16.5. The molecule has 0 radical (unpaired) electrons. The number of anilines is 1. The van der Waals surface area contributed by atoms with Gasteiger partial charge in [-0.05, 0) is 36.2 Å². The third kappa shape index (κ3) is 4.84.